The Morgan fingerprint density at radius 2 is 0.710 bits per heavy atom. The average Bonchev–Trinajstić information content (AvgIpc) is 3.95. The zero-order chi connectivity index (χ0) is 47.3. The van der Waals surface area contributed by atoms with Gasteiger partial charge in [-0.05, 0) is 121 Å². The molecule has 0 N–H and O–H groups in total. The van der Waals surface area contributed by atoms with E-state index in [2.05, 4.69) is 182 Å². The molecule has 0 spiro atoms. The van der Waals surface area contributed by atoms with E-state index < -0.39 is 0 Å². The Morgan fingerprint density at radius 1 is 0.362 bits per heavy atom. The quantitative estimate of drug-likeness (QED) is 0.157. The summed E-state index contributed by atoms with van der Waals surface area (Å²) in [5.41, 5.74) is 8.34. The third kappa shape index (κ3) is 7.22. The van der Waals surface area contributed by atoms with Gasteiger partial charge in [0.05, 0.1) is 33.1 Å². The highest BCUT2D eigenvalue weighted by Gasteiger charge is 2.22. The van der Waals surface area contributed by atoms with Gasteiger partial charge in [0.25, 0.3) is 0 Å². The third-order valence-electron chi connectivity index (χ3n) is 13.2. The fourth-order valence-electron chi connectivity index (χ4n) is 9.83. The van der Waals surface area contributed by atoms with Gasteiger partial charge in [-0.25, -0.2) is 15.0 Å². The molecule has 6 aromatic carbocycles. The van der Waals surface area contributed by atoms with Gasteiger partial charge in [0.1, 0.15) is 46.3 Å². The maximum Gasteiger partial charge on any atom is 0.238 e. The van der Waals surface area contributed by atoms with Gasteiger partial charge in [-0.1, -0.05) is 77.9 Å². The molecule has 0 saturated carbocycles. The van der Waals surface area contributed by atoms with Gasteiger partial charge in [-0.2, -0.15) is 9.97 Å². The van der Waals surface area contributed by atoms with Crippen molar-refractivity contribution in [1.29, 1.82) is 0 Å². The molecule has 12 rings (SSSR count). The first-order chi connectivity index (χ1) is 33.2. The van der Waals surface area contributed by atoms with E-state index in [1.165, 1.54) is 11.1 Å². The van der Waals surface area contributed by atoms with Gasteiger partial charge in [-0.15, -0.1) is 0 Å². The molecule has 6 heterocycles. The molecular weight excluding hydrogens is 853 g/mol. The Kier molecular flexibility index (Phi) is 9.50. The van der Waals surface area contributed by atoms with Crippen molar-refractivity contribution in [3.05, 3.63) is 181 Å². The molecule has 10 heteroatoms. The van der Waals surface area contributed by atoms with Crippen LogP contribution in [-0.4, -0.2) is 38.6 Å². The molecule has 0 fully saturated rings. The maximum atomic E-state index is 6.79. The number of aryl methyl sites for hydroxylation is 2. The topological polar surface area (TPSA) is 97.7 Å². The van der Waals surface area contributed by atoms with Crippen LogP contribution in [-0.2, 0) is 10.8 Å². The molecule has 338 valence electrons. The summed E-state index contributed by atoms with van der Waals surface area (Å²) >= 11 is 0. The number of benzene rings is 6. The minimum absolute atomic E-state index is 0.0323. The van der Waals surface area contributed by atoms with Gasteiger partial charge in [0, 0.05) is 69.0 Å². The van der Waals surface area contributed by atoms with Crippen LogP contribution in [0, 0.1) is 13.8 Å². The minimum Gasteiger partial charge on any atom is -0.457 e. The Morgan fingerprint density at radius 3 is 1.09 bits per heavy atom. The second-order valence-corrected chi connectivity index (χ2v) is 20.0. The summed E-state index contributed by atoms with van der Waals surface area (Å²) in [5, 5.41) is 6.61. The van der Waals surface area contributed by atoms with E-state index >= 15 is 0 Å². The molecule has 69 heavy (non-hydrogen) atoms. The highest BCUT2D eigenvalue weighted by Crippen LogP contribution is 2.41. The molecular formula is C59H50N8O2. The zero-order valence-corrected chi connectivity index (χ0v) is 39.9. The molecule has 0 amide bonds. The van der Waals surface area contributed by atoms with Gasteiger partial charge < -0.3 is 9.47 Å². The fraction of sp³-hybridized carbons (Fsp3) is 0.169. The Bertz CT molecular complexity index is 3780. The van der Waals surface area contributed by atoms with Gasteiger partial charge in [0.2, 0.25) is 5.95 Å². The van der Waals surface area contributed by atoms with E-state index in [-0.39, 0.29) is 10.8 Å². The SMILES string of the molecule is Cc1nc(C)nc(-n2c3cc(Oc4ccc5c6ccccc6n(-c6cc(C(C)(C)C)ccn6)c5c4)ccc3c3ccc(Oc4ccc5c6ccccc6n(-c6cc(C(C)(C)C)ccn6)c5c4)cc32)n1. The van der Waals surface area contributed by atoms with Crippen LogP contribution in [0.3, 0.4) is 0 Å². The highest BCUT2D eigenvalue weighted by molar-refractivity contribution is 6.11. The lowest BCUT2D eigenvalue weighted by Gasteiger charge is -2.20. The van der Waals surface area contributed by atoms with Crippen molar-refractivity contribution in [1.82, 2.24) is 38.6 Å². The van der Waals surface area contributed by atoms with E-state index in [1.807, 2.05) is 50.5 Å². The Labute approximate surface area is 399 Å². The number of fused-ring (bicyclic) bond motifs is 9. The first kappa shape index (κ1) is 42.0. The minimum atomic E-state index is -0.0323. The molecule has 0 saturated heterocycles. The molecule has 0 bridgehead atoms. The summed E-state index contributed by atoms with van der Waals surface area (Å²) in [6, 6.07) is 50.5. The lowest BCUT2D eigenvalue weighted by molar-refractivity contribution is 0.484. The summed E-state index contributed by atoms with van der Waals surface area (Å²) in [6.45, 7) is 17.1. The van der Waals surface area contributed by atoms with Crippen LogP contribution in [0.15, 0.2) is 158 Å². The molecule has 0 aliphatic rings. The number of nitrogens with zero attached hydrogens (tertiary/aromatic N) is 8. The number of hydrogen-bond donors (Lipinski definition) is 0. The first-order valence-electron chi connectivity index (χ1n) is 23.4. The van der Waals surface area contributed by atoms with E-state index in [0.29, 0.717) is 40.6 Å². The van der Waals surface area contributed by atoms with Crippen molar-refractivity contribution in [2.24, 2.45) is 0 Å². The maximum absolute atomic E-state index is 6.79. The van der Waals surface area contributed by atoms with Crippen molar-refractivity contribution in [3.63, 3.8) is 0 Å². The number of hydrogen-bond acceptors (Lipinski definition) is 7. The summed E-state index contributed by atoms with van der Waals surface area (Å²) in [4.78, 5) is 24.0. The van der Waals surface area contributed by atoms with Crippen molar-refractivity contribution in [2.75, 3.05) is 0 Å². The van der Waals surface area contributed by atoms with Gasteiger partial charge in [0.15, 0.2) is 0 Å². The van der Waals surface area contributed by atoms with Gasteiger partial charge in [-0.3, -0.25) is 13.7 Å². The van der Waals surface area contributed by atoms with Crippen LogP contribution in [0.2, 0.25) is 0 Å². The number of pyridine rings is 2. The van der Waals surface area contributed by atoms with Crippen molar-refractivity contribution in [2.45, 2.75) is 66.2 Å². The monoisotopic (exact) mass is 902 g/mol. The molecule has 0 unspecified atom stereocenters. The number of para-hydroxylation sites is 2. The molecule has 6 aromatic heterocycles. The van der Waals surface area contributed by atoms with Crippen molar-refractivity contribution in [3.8, 4) is 40.6 Å². The van der Waals surface area contributed by atoms with E-state index in [4.69, 9.17) is 29.4 Å². The summed E-state index contributed by atoms with van der Waals surface area (Å²) in [7, 11) is 0. The standard InChI is InChI=1S/C59H50N8O2/c1-35-62-36(2)64-57(63-35)67-53-33-41(68-39-17-21-45-43-13-9-11-15-49(43)65(51(45)31-39)55-29-37(25-27-60-55)58(3,4)5)19-23-47(53)48-24-20-42(34-54(48)67)69-40-18-22-46-44-14-10-12-16-50(44)66(52(46)32-40)56-30-38(26-28-61-56)59(6,7)8/h9-34H,1-8H3. The van der Waals surface area contributed by atoms with Crippen molar-refractivity contribution >= 4 is 65.4 Å². The van der Waals surface area contributed by atoms with E-state index in [9.17, 15) is 0 Å². The van der Waals surface area contributed by atoms with Crippen LogP contribution >= 0.6 is 0 Å². The van der Waals surface area contributed by atoms with Crippen molar-refractivity contribution < 1.29 is 9.47 Å². The predicted molar refractivity (Wildman–Crippen MR) is 278 cm³/mol. The largest absolute Gasteiger partial charge is 0.457 e. The fourth-order valence-corrected chi connectivity index (χ4v) is 9.83. The summed E-state index contributed by atoms with van der Waals surface area (Å²) in [6.07, 6.45) is 3.81. The smallest absolute Gasteiger partial charge is 0.238 e. The Hall–Kier alpha value is -8.37. The zero-order valence-electron chi connectivity index (χ0n) is 39.9. The normalized spacial score (nSPS) is 12.3. The lowest BCUT2D eigenvalue weighted by atomic mass is 9.88. The lowest BCUT2D eigenvalue weighted by Crippen LogP contribution is -2.12. The third-order valence-corrected chi connectivity index (χ3v) is 13.2. The molecule has 10 nitrogen and oxygen atoms in total. The van der Waals surface area contributed by atoms with E-state index in [1.54, 1.807) is 0 Å². The second-order valence-electron chi connectivity index (χ2n) is 20.0. The van der Waals surface area contributed by atoms with Crippen LogP contribution in [0.5, 0.6) is 23.0 Å². The molecule has 12 aromatic rings. The molecule has 0 radical (unpaired) electrons. The molecule has 0 atom stereocenters. The van der Waals surface area contributed by atoms with Crippen LogP contribution in [0.25, 0.3) is 83.0 Å². The summed E-state index contributed by atoms with van der Waals surface area (Å²) < 4.78 is 20.1. The van der Waals surface area contributed by atoms with Crippen LogP contribution < -0.4 is 9.47 Å². The highest BCUT2D eigenvalue weighted by atomic mass is 16.5. The number of aromatic nitrogens is 8. The van der Waals surface area contributed by atoms with Crippen LogP contribution in [0.1, 0.15) is 64.3 Å². The van der Waals surface area contributed by atoms with Gasteiger partial charge >= 0.3 is 0 Å². The molecule has 0 aliphatic heterocycles. The average molecular weight is 903 g/mol. The second kappa shape index (κ2) is 15.6. The molecule has 0 aliphatic carbocycles. The predicted octanol–water partition coefficient (Wildman–Crippen LogP) is 14.7. The summed E-state index contributed by atoms with van der Waals surface area (Å²) in [5.74, 6) is 6.26. The Balaban J connectivity index is 0.959. The van der Waals surface area contributed by atoms with Crippen LogP contribution in [0.4, 0.5) is 0 Å². The number of rotatable bonds is 7. The number of ether oxygens (including phenoxy) is 2. The van der Waals surface area contributed by atoms with E-state index in [0.717, 1.165) is 77.1 Å². The first-order valence-corrected chi connectivity index (χ1v) is 23.4.